The minimum absolute atomic E-state index is 0.123. The third-order valence-electron chi connectivity index (χ3n) is 4.77. The van der Waals surface area contributed by atoms with Gasteiger partial charge in [-0.1, -0.05) is 18.0 Å². The summed E-state index contributed by atoms with van der Waals surface area (Å²) in [7, 11) is 0. The van der Waals surface area contributed by atoms with Crippen molar-refractivity contribution in [3.63, 3.8) is 0 Å². The average molecular weight is 331 g/mol. The van der Waals surface area contributed by atoms with Crippen LogP contribution in [0.4, 0.5) is 5.69 Å². The first-order valence-corrected chi connectivity index (χ1v) is 8.58. The Labute approximate surface area is 140 Å². The Morgan fingerprint density at radius 3 is 2.74 bits per heavy atom. The Bertz CT molecular complexity index is 725. The number of hydrogen-bond donors (Lipinski definition) is 0. The van der Waals surface area contributed by atoms with Gasteiger partial charge in [0, 0.05) is 42.6 Å². The summed E-state index contributed by atoms with van der Waals surface area (Å²) in [6.45, 7) is 1.64. The highest BCUT2D eigenvalue weighted by molar-refractivity contribution is 6.30. The van der Waals surface area contributed by atoms with Crippen molar-refractivity contribution in [2.24, 2.45) is 0 Å². The van der Waals surface area contributed by atoms with Gasteiger partial charge >= 0.3 is 0 Å². The van der Waals surface area contributed by atoms with Gasteiger partial charge in [-0.2, -0.15) is 0 Å². The van der Waals surface area contributed by atoms with E-state index in [0.717, 1.165) is 30.3 Å². The van der Waals surface area contributed by atoms with Crippen LogP contribution in [0.15, 0.2) is 24.3 Å². The maximum absolute atomic E-state index is 12.4. The number of aryl methyl sites for hydroxylation is 1. The maximum atomic E-state index is 12.4. The van der Waals surface area contributed by atoms with E-state index in [-0.39, 0.29) is 11.8 Å². The number of carbonyl (C=O) groups is 1. The highest BCUT2D eigenvalue weighted by Crippen LogP contribution is 2.32. The Hall–Kier alpha value is -1.88. The number of benzene rings is 1. The summed E-state index contributed by atoms with van der Waals surface area (Å²) in [4.78, 5) is 14.3. The molecule has 1 fully saturated rings. The van der Waals surface area contributed by atoms with Crippen LogP contribution in [-0.4, -0.2) is 27.2 Å². The molecule has 0 bridgehead atoms. The SMILES string of the molecule is O=C1CC(c2nnc3n2CCCCC3)CN1c1ccc(Cl)cc1. The molecule has 23 heavy (non-hydrogen) atoms. The summed E-state index contributed by atoms with van der Waals surface area (Å²) in [6, 6.07) is 7.43. The molecule has 1 aromatic carbocycles. The van der Waals surface area contributed by atoms with E-state index in [2.05, 4.69) is 14.8 Å². The van der Waals surface area contributed by atoms with Crippen LogP contribution in [0.5, 0.6) is 0 Å². The van der Waals surface area contributed by atoms with Gasteiger partial charge in [-0.25, -0.2) is 0 Å². The molecule has 0 aliphatic carbocycles. The van der Waals surface area contributed by atoms with E-state index >= 15 is 0 Å². The molecule has 1 unspecified atom stereocenters. The zero-order valence-electron chi connectivity index (χ0n) is 12.9. The number of rotatable bonds is 2. The largest absolute Gasteiger partial charge is 0.315 e. The second-order valence-corrected chi connectivity index (χ2v) is 6.75. The number of halogens is 1. The Kier molecular flexibility index (Phi) is 3.81. The second-order valence-electron chi connectivity index (χ2n) is 6.32. The molecule has 1 amide bonds. The van der Waals surface area contributed by atoms with Gasteiger partial charge in [-0.05, 0) is 37.1 Å². The third-order valence-corrected chi connectivity index (χ3v) is 5.02. The van der Waals surface area contributed by atoms with Crippen molar-refractivity contribution in [3.05, 3.63) is 40.9 Å². The van der Waals surface area contributed by atoms with E-state index in [1.807, 2.05) is 29.2 Å². The molecule has 1 atom stereocenters. The number of carbonyl (C=O) groups excluding carboxylic acids is 1. The molecule has 120 valence electrons. The predicted molar refractivity (Wildman–Crippen MR) is 88.7 cm³/mol. The highest BCUT2D eigenvalue weighted by atomic mass is 35.5. The summed E-state index contributed by atoms with van der Waals surface area (Å²) in [6.07, 6.45) is 5.08. The summed E-state index contributed by atoms with van der Waals surface area (Å²) >= 11 is 5.93. The molecule has 1 saturated heterocycles. The van der Waals surface area contributed by atoms with Crippen LogP contribution in [0.1, 0.15) is 43.3 Å². The van der Waals surface area contributed by atoms with E-state index in [0.29, 0.717) is 18.0 Å². The molecule has 0 radical (unpaired) electrons. The lowest BCUT2D eigenvalue weighted by Crippen LogP contribution is -2.24. The van der Waals surface area contributed by atoms with Gasteiger partial charge in [0.1, 0.15) is 11.6 Å². The normalized spacial score (nSPS) is 21.3. The molecule has 2 aromatic rings. The molecule has 2 aliphatic rings. The van der Waals surface area contributed by atoms with Gasteiger partial charge in [0.25, 0.3) is 0 Å². The first-order chi connectivity index (χ1) is 11.2. The third kappa shape index (κ3) is 2.74. The van der Waals surface area contributed by atoms with Crippen LogP contribution in [0.3, 0.4) is 0 Å². The number of aromatic nitrogens is 3. The number of amides is 1. The Balaban J connectivity index is 1.59. The van der Waals surface area contributed by atoms with E-state index in [4.69, 9.17) is 11.6 Å². The fraction of sp³-hybridized carbons (Fsp3) is 0.471. The molecule has 6 heteroatoms. The molecular formula is C17H19ClN4O. The predicted octanol–water partition coefficient (Wildman–Crippen LogP) is 3.18. The number of hydrogen-bond acceptors (Lipinski definition) is 3. The summed E-state index contributed by atoms with van der Waals surface area (Å²) < 4.78 is 2.25. The maximum Gasteiger partial charge on any atom is 0.227 e. The fourth-order valence-corrected chi connectivity index (χ4v) is 3.69. The van der Waals surface area contributed by atoms with Crippen LogP contribution < -0.4 is 4.90 Å². The van der Waals surface area contributed by atoms with Crippen molar-refractivity contribution in [2.45, 2.75) is 44.6 Å². The first kappa shape index (κ1) is 14.7. The Morgan fingerprint density at radius 1 is 1.09 bits per heavy atom. The van der Waals surface area contributed by atoms with Crippen LogP contribution in [0.25, 0.3) is 0 Å². The monoisotopic (exact) mass is 330 g/mol. The molecular weight excluding hydrogens is 312 g/mol. The topological polar surface area (TPSA) is 51.0 Å². The van der Waals surface area contributed by atoms with E-state index in [1.54, 1.807) is 0 Å². The fourth-order valence-electron chi connectivity index (χ4n) is 3.56. The van der Waals surface area contributed by atoms with Crippen molar-refractivity contribution >= 4 is 23.2 Å². The molecule has 2 aliphatic heterocycles. The second kappa shape index (κ2) is 5.96. The van der Waals surface area contributed by atoms with Gasteiger partial charge in [0.2, 0.25) is 5.91 Å². The highest BCUT2D eigenvalue weighted by Gasteiger charge is 2.35. The van der Waals surface area contributed by atoms with Crippen molar-refractivity contribution in [1.82, 2.24) is 14.8 Å². The minimum atomic E-state index is 0.123. The molecule has 0 N–H and O–H groups in total. The van der Waals surface area contributed by atoms with Gasteiger partial charge in [0.05, 0.1) is 0 Å². The van der Waals surface area contributed by atoms with Gasteiger partial charge in [0.15, 0.2) is 0 Å². The van der Waals surface area contributed by atoms with Crippen LogP contribution in [0.2, 0.25) is 5.02 Å². The average Bonchev–Trinajstić information content (AvgIpc) is 3.04. The lowest BCUT2D eigenvalue weighted by Gasteiger charge is -2.17. The Morgan fingerprint density at radius 2 is 1.91 bits per heavy atom. The molecule has 0 spiro atoms. The van der Waals surface area contributed by atoms with Crippen LogP contribution in [-0.2, 0) is 17.8 Å². The lowest BCUT2D eigenvalue weighted by molar-refractivity contribution is -0.117. The van der Waals surface area contributed by atoms with Gasteiger partial charge < -0.3 is 9.47 Å². The molecule has 0 saturated carbocycles. The number of nitrogens with zero attached hydrogens (tertiary/aromatic N) is 4. The molecule has 1 aromatic heterocycles. The van der Waals surface area contributed by atoms with Crippen LogP contribution >= 0.6 is 11.6 Å². The van der Waals surface area contributed by atoms with Crippen molar-refractivity contribution < 1.29 is 4.79 Å². The smallest absolute Gasteiger partial charge is 0.227 e. The number of fused-ring (bicyclic) bond motifs is 1. The van der Waals surface area contributed by atoms with Gasteiger partial charge in [-0.15, -0.1) is 10.2 Å². The minimum Gasteiger partial charge on any atom is -0.315 e. The van der Waals surface area contributed by atoms with Gasteiger partial charge in [-0.3, -0.25) is 4.79 Å². The summed E-state index contributed by atoms with van der Waals surface area (Å²) in [5, 5.41) is 9.45. The van der Waals surface area contributed by atoms with E-state index in [1.165, 1.54) is 19.3 Å². The zero-order valence-corrected chi connectivity index (χ0v) is 13.7. The first-order valence-electron chi connectivity index (χ1n) is 8.20. The van der Waals surface area contributed by atoms with Crippen molar-refractivity contribution in [2.75, 3.05) is 11.4 Å². The summed E-state index contributed by atoms with van der Waals surface area (Å²) in [5.74, 6) is 2.32. The lowest BCUT2D eigenvalue weighted by atomic mass is 10.1. The van der Waals surface area contributed by atoms with Crippen molar-refractivity contribution in [3.8, 4) is 0 Å². The zero-order chi connectivity index (χ0) is 15.8. The molecule has 5 nitrogen and oxygen atoms in total. The van der Waals surface area contributed by atoms with E-state index in [9.17, 15) is 4.79 Å². The standard InChI is InChI=1S/C17H19ClN4O/c18-13-5-7-14(8-6-13)22-11-12(10-16(22)23)17-20-19-15-4-2-1-3-9-21(15)17/h5-8,12H,1-4,9-11H2. The van der Waals surface area contributed by atoms with E-state index < -0.39 is 0 Å². The molecule has 4 rings (SSSR count). The number of anilines is 1. The van der Waals surface area contributed by atoms with Crippen LogP contribution in [0, 0.1) is 0 Å². The summed E-state index contributed by atoms with van der Waals surface area (Å²) in [5.41, 5.74) is 0.900. The molecule has 3 heterocycles. The quantitative estimate of drug-likeness (QED) is 0.849. The van der Waals surface area contributed by atoms with Crippen molar-refractivity contribution in [1.29, 1.82) is 0 Å².